The normalized spacial score (nSPS) is 25.1. The molecule has 1 aromatic heterocycles. The van der Waals surface area contributed by atoms with Gasteiger partial charge in [0.15, 0.2) is 5.13 Å². The molecule has 3 heterocycles. The molecule has 1 aromatic rings. The molecule has 1 unspecified atom stereocenters. The van der Waals surface area contributed by atoms with Gasteiger partial charge in [-0.2, -0.15) is 0 Å². The van der Waals surface area contributed by atoms with Crippen LogP contribution in [0.2, 0.25) is 5.15 Å². The van der Waals surface area contributed by atoms with E-state index in [0.29, 0.717) is 23.5 Å². The van der Waals surface area contributed by atoms with Crippen molar-refractivity contribution < 1.29 is 4.79 Å². The maximum absolute atomic E-state index is 11.5. The summed E-state index contributed by atoms with van der Waals surface area (Å²) in [6.07, 6.45) is 1.69. The van der Waals surface area contributed by atoms with Crippen molar-refractivity contribution in [3.05, 3.63) is 10.5 Å². The minimum atomic E-state index is 0.307. The lowest BCUT2D eigenvalue weighted by atomic mass is 10.2. The molecule has 3 rings (SSSR count). The SMILES string of the molecule is O=C1CCC2CN(c3nc(Cl)cs3)CCN12. The lowest BCUT2D eigenvalue weighted by Gasteiger charge is -2.37. The largest absolute Gasteiger partial charge is 0.344 e. The number of piperazine rings is 1. The maximum Gasteiger partial charge on any atom is 0.223 e. The number of fused-ring (bicyclic) bond motifs is 1. The summed E-state index contributed by atoms with van der Waals surface area (Å²) < 4.78 is 0. The first kappa shape index (κ1) is 10.4. The van der Waals surface area contributed by atoms with Gasteiger partial charge in [-0.05, 0) is 6.42 Å². The average molecular weight is 258 g/mol. The fourth-order valence-corrected chi connectivity index (χ4v) is 3.41. The molecule has 0 bridgehead atoms. The number of rotatable bonds is 1. The summed E-state index contributed by atoms with van der Waals surface area (Å²) in [7, 11) is 0. The van der Waals surface area contributed by atoms with E-state index >= 15 is 0 Å². The third-order valence-electron chi connectivity index (χ3n) is 3.23. The van der Waals surface area contributed by atoms with E-state index in [-0.39, 0.29) is 0 Å². The first-order valence-corrected chi connectivity index (χ1v) is 6.65. The standard InChI is InChI=1S/C10H12ClN3OS/c11-8-6-16-10(12-8)13-3-4-14-7(5-13)1-2-9(14)15/h6-7H,1-5H2. The Bertz CT molecular complexity index is 422. The van der Waals surface area contributed by atoms with E-state index in [2.05, 4.69) is 9.88 Å². The van der Waals surface area contributed by atoms with Gasteiger partial charge in [0.1, 0.15) is 5.15 Å². The summed E-state index contributed by atoms with van der Waals surface area (Å²) in [4.78, 5) is 20.0. The number of carbonyl (C=O) groups is 1. The van der Waals surface area contributed by atoms with Crippen molar-refractivity contribution in [3.8, 4) is 0 Å². The highest BCUT2D eigenvalue weighted by atomic mass is 35.5. The van der Waals surface area contributed by atoms with Crippen LogP contribution in [0.4, 0.5) is 5.13 Å². The average Bonchev–Trinajstić information content (AvgIpc) is 2.86. The molecule has 2 aliphatic rings. The van der Waals surface area contributed by atoms with Crippen molar-refractivity contribution in [3.63, 3.8) is 0 Å². The predicted octanol–water partition coefficient (Wildman–Crippen LogP) is 1.61. The number of nitrogens with zero attached hydrogens (tertiary/aromatic N) is 3. The van der Waals surface area contributed by atoms with Crippen molar-refractivity contribution in [1.29, 1.82) is 0 Å². The Labute approximate surface area is 103 Å². The van der Waals surface area contributed by atoms with Gasteiger partial charge in [-0.3, -0.25) is 4.79 Å². The summed E-state index contributed by atoms with van der Waals surface area (Å²) >= 11 is 7.39. The van der Waals surface area contributed by atoms with Crippen molar-refractivity contribution in [2.24, 2.45) is 0 Å². The number of thiazole rings is 1. The van der Waals surface area contributed by atoms with Crippen LogP contribution in [0.5, 0.6) is 0 Å². The minimum Gasteiger partial charge on any atom is -0.344 e. The van der Waals surface area contributed by atoms with Gasteiger partial charge in [-0.1, -0.05) is 11.6 Å². The van der Waals surface area contributed by atoms with Gasteiger partial charge in [0.25, 0.3) is 0 Å². The Hall–Kier alpha value is -0.810. The molecule has 6 heteroatoms. The smallest absolute Gasteiger partial charge is 0.223 e. The van der Waals surface area contributed by atoms with E-state index in [9.17, 15) is 4.79 Å². The van der Waals surface area contributed by atoms with Crippen LogP contribution in [0, 0.1) is 0 Å². The Morgan fingerprint density at radius 3 is 3.12 bits per heavy atom. The monoisotopic (exact) mass is 257 g/mol. The lowest BCUT2D eigenvalue weighted by Crippen LogP contribution is -2.51. The zero-order chi connectivity index (χ0) is 11.1. The van der Waals surface area contributed by atoms with Crippen LogP contribution in [0.1, 0.15) is 12.8 Å². The minimum absolute atomic E-state index is 0.307. The molecule has 86 valence electrons. The lowest BCUT2D eigenvalue weighted by molar-refractivity contribution is -0.129. The topological polar surface area (TPSA) is 36.4 Å². The predicted molar refractivity (Wildman–Crippen MR) is 64.1 cm³/mol. The fraction of sp³-hybridized carbons (Fsp3) is 0.600. The molecule has 0 radical (unpaired) electrons. The number of hydrogen-bond donors (Lipinski definition) is 0. The van der Waals surface area contributed by atoms with Crippen LogP contribution in [0.3, 0.4) is 0 Å². The van der Waals surface area contributed by atoms with E-state index in [1.54, 1.807) is 11.3 Å². The molecule has 0 spiro atoms. The van der Waals surface area contributed by atoms with Crippen LogP contribution in [0.25, 0.3) is 0 Å². The molecular formula is C10H12ClN3OS. The Kier molecular flexibility index (Phi) is 2.52. The quantitative estimate of drug-likeness (QED) is 0.767. The number of aromatic nitrogens is 1. The molecule has 2 fully saturated rings. The highest BCUT2D eigenvalue weighted by Gasteiger charge is 2.36. The van der Waals surface area contributed by atoms with Crippen molar-refractivity contribution >= 4 is 34.0 Å². The van der Waals surface area contributed by atoms with Gasteiger partial charge in [0.05, 0.1) is 0 Å². The van der Waals surface area contributed by atoms with Gasteiger partial charge in [-0.25, -0.2) is 4.98 Å². The molecule has 1 amide bonds. The number of halogens is 1. The highest BCUT2D eigenvalue weighted by Crippen LogP contribution is 2.29. The molecule has 2 saturated heterocycles. The second kappa shape index (κ2) is 3.89. The third kappa shape index (κ3) is 1.68. The van der Waals surface area contributed by atoms with Crippen LogP contribution in [0.15, 0.2) is 5.38 Å². The molecule has 0 aromatic carbocycles. The fourth-order valence-electron chi connectivity index (χ4n) is 2.43. The molecular weight excluding hydrogens is 246 g/mol. The zero-order valence-electron chi connectivity index (χ0n) is 8.73. The maximum atomic E-state index is 11.5. The molecule has 1 atom stereocenters. The number of anilines is 1. The molecule has 0 aliphatic carbocycles. The van der Waals surface area contributed by atoms with E-state index in [1.807, 2.05) is 10.3 Å². The van der Waals surface area contributed by atoms with Crippen molar-refractivity contribution in [2.75, 3.05) is 24.5 Å². The van der Waals surface area contributed by atoms with E-state index < -0.39 is 0 Å². The molecule has 4 nitrogen and oxygen atoms in total. The summed E-state index contributed by atoms with van der Waals surface area (Å²) in [5.41, 5.74) is 0. The third-order valence-corrected chi connectivity index (χ3v) is 4.45. The zero-order valence-corrected chi connectivity index (χ0v) is 10.3. The van der Waals surface area contributed by atoms with Gasteiger partial charge in [-0.15, -0.1) is 11.3 Å². The van der Waals surface area contributed by atoms with Gasteiger partial charge >= 0.3 is 0 Å². The van der Waals surface area contributed by atoms with Crippen LogP contribution in [-0.2, 0) is 4.79 Å². The molecule has 0 N–H and O–H groups in total. The van der Waals surface area contributed by atoms with E-state index in [0.717, 1.165) is 31.2 Å². The Morgan fingerprint density at radius 1 is 1.50 bits per heavy atom. The van der Waals surface area contributed by atoms with Gasteiger partial charge < -0.3 is 9.80 Å². The van der Waals surface area contributed by atoms with Crippen LogP contribution in [-0.4, -0.2) is 41.5 Å². The number of carbonyl (C=O) groups excluding carboxylic acids is 1. The second-order valence-corrected chi connectivity index (χ2v) is 5.40. The second-order valence-electron chi connectivity index (χ2n) is 4.18. The summed E-state index contributed by atoms with van der Waals surface area (Å²) in [5.74, 6) is 0.307. The Morgan fingerprint density at radius 2 is 2.38 bits per heavy atom. The molecule has 0 saturated carbocycles. The highest BCUT2D eigenvalue weighted by molar-refractivity contribution is 7.14. The van der Waals surface area contributed by atoms with Gasteiger partial charge in [0.2, 0.25) is 5.91 Å². The van der Waals surface area contributed by atoms with Crippen LogP contribution >= 0.6 is 22.9 Å². The molecule has 2 aliphatic heterocycles. The summed E-state index contributed by atoms with van der Waals surface area (Å²) in [5, 5.41) is 3.39. The van der Waals surface area contributed by atoms with Gasteiger partial charge in [0, 0.05) is 37.5 Å². The van der Waals surface area contributed by atoms with E-state index in [4.69, 9.17) is 11.6 Å². The first-order chi connectivity index (χ1) is 7.74. The Balaban J connectivity index is 1.75. The first-order valence-electron chi connectivity index (χ1n) is 5.39. The van der Waals surface area contributed by atoms with Crippen molar-refractivity contribution in [2.45, 2.75) is 18.9 Å². The molecule has 16 heavy (non-hydrogen) atoms. The number of amides is 1. The van der Waals surface area contributed by atoms with Crippen molar-refractivity contribution in [1.82, 2.24) is 9.88 Å². The summed E-state index contributed by atoms with van der Waals surface area (Å²) in [6, 6.07) is 0.379. The van der Waals surface area contributed by atoms with Crippen LogP contribution < -0.4 is 4.90 Å². The summed E-state index contributed by atoms with van der Waals surface area (Å²) in [6.45, 7) is 2.59. The van der Waals surface area contributed by atoms with E-state index in [1.165, 1.54) is 0 Å². The number of hydrogen-bond acceptors (Lipinski definition) is 4.